The second kappa shape index (κ2) is 4.63. The van der Waals surface area contributed by atoms with E-state index in [-0.39, 0.29) is 5.41 Å². The SMILES string of the molecule is CC1=Cc2c(cccc2-c2ccccc2C(C)(C)C)C1. The van der Waals surface area contributed by atoms with Crippen LogP contribution in [0.2, 0.25) is 0 Å². The highest BCUT2D eigenvalue weighted by Crippen LogP contribution is 2.38. The van der Waals surface area contributed by atoms with Crippen LogP contribution >= 0.6 is 0 Å². The van der Waals surface area contributed by atoms with Crippen LogP contribution in [0.5, 0.6) is 0 Å². The van der Waals surface area contributed by atoms with Crippen molar-refractivity contribution in [2.75, 3.05) is 0 Å². The van der Waals surface area contributed by atoms with Gasteiger partial charge in [0.2, 0.25) is 0 Å². The topological polar surface area (TPSA) is 0 Å². The molecular weight excluding hydrogens is 240 g/mol. The van der Waals surface area contributed by atoms with E-state index in [9.17, 15) is 0 Å². The van der Waals surface area contributed by atoms with E-state index in [1.165, 1.54) is 33.4 Å². The molecule has 0 N–H and O–H groups in total. The summed E-state index contributed by atoms with van der Waals surface area (Å²) < 4.78 is 0. The van der Waals surface area contributed by atoms with Gasteiger partial charge in [-0.15, -0.1) is 0 Å². The first-order valence-corrected chi connectivity index (χ1v) is 7.36. The Hall–Kier alpha value is -1.82. The van der Waals surface area contributed by atoms with Crippen molar-refractivity contribution >= 4 is 6.08 Å². The van der Waals surface area contributed by atoms with Gasteiger partial charge in [-0.05, 0) is 46.6 Å². The molecule has 0 amide bonds. The average Bonchev–Trinajstić information content (AvgIpc) is 2.77. The summed E-state index contributed by atoms with van der Waals surface area (Å²) in [4.78, 5) is 0. The van der Waals surface area contributed by atoms with Crippen molar-refractivity contribution in [1.29, 1.82) is 0 Å². The maximum absolute atomic E-state index is 2.35. The van der Waals surface area contributed by atoms with Gasteiger partial charge in [-0.2, -0.15) is 0 Å². The monoisotopic (exact) mass is 262 g/mol. The van der Waals surface area contributed by atoms with E-state index in [0.29, 0.717) is 0 Å². The Labute approximate surface area is 122 Å². The predicted molar refractivity (Wildman–Crippen MR) is 87.9 cm³/mol. The summed E-state index contributed by atoms with van der Waals surface area (Å²) in [5.41, 5.74) is 8.68. The maximum atomic E-state index is 2.35. The number of hydrogen-bond donors (Lipinski definition) is 0. The minimum absolute atomic E-state index is 0.163. The molecule has 0 atom stereocenters. The quantitative estimate of drug-likeness (QED) is 0.626. The van der Waals surface area contributed by atoms with E-state index < -0.39 is 0 Å². The van der Waals surface area contributed by atoms with Crippen LogP contribution in [-0.2, 0) is 11.8 Å². The number of hydrogen-bond acceptors (Lipinski definition) is 0. The molecule has 1 aliphatic rings. The van der Waals surface area contributed by atoms with Crippen molar-refractivity contribution in [2.45, 2.75) is 39.5 Å². The number of benzene rings is 2. The predicted octanol–water partition coefficient (Wildman–Crippen LogP) is 5.61. The van der Waals surface area contributed by atoms with Gasteiger partial charge < -0.3 is 0 Å². The summed E-state index contributed by atoms with van der Waals surface area (Å²) in [5.74, 6) is 0. The minimum atomic E-state index is 0.163. The molecule has 0 aromatic heterocycles. The molecular formula is C20H22. The fraction of sp³-hybridized carbons (Fsp3) is 0.300. The standard InChI is InChI=1S/C20H22/c1-14-12-15-8-7-10-16(18(15)13-14)17-9-5-6-11-19(17)20(2,3)4/h5-11,13H,12H2,1-4H3. The van der Waals surface area contributed by atoms with E-state index >= 15 is 0 Å². The zero-order chi connectivity index (χ0) is 14.3. The molecule has 0 fully saturated rings. The summed E-state index contributed by atoms with van der Waals surface area (Å²) in [6, 6.07) is 15.5. The third-order valence-corrected chi connectivity index (χ3v) is 4.08. The van der Waals surface area contributed by atoms with Crippen LogP contribution in [0.15, 0.2) is 48.0 Å². The Morgan fingerprint density at radius 2 is 1.55 bits per heavy atom. The Balaban J connectivity index is 2.24. The lowest BCUT2D eigenvalue weighted by molar-refractivity contribution is 0.592. The summed E-state index contributed by atoms with van der Waals surface area (Å²) in [5, 5.41) is 0. The van der Waals surface area contributed by atoms with Crippen LogP contribution in [0.25, 0.3) is 17.2 Å². The first-order chi connectivity index (χ1) is 9.47. The molecule has 1 aliphatic carbocycles. The molecule has 0 bridgehead atoms. The highest BCUT2D eigenvalue weighted by Gasteiger charge is 2.21. The Bertz CT molecular complexity index is 681. The Morgan fingerprint density at radius 3 is 2.30 bits per heavy atom. The third kappa shape index (κ3) is 2.20. The number of allylic oxidation sites excluding steroid dienone is 1. The molecule has 102 valence electrons. The lowest BCUT2D eigenvalue weighted by Gasteiger charge is -2.24. The van der Waals surface area contributed by atoms with Gasteiger partial charge in [-0.1, -0.05) is 74.9 Å². The maximum Gasteiger partial charge on any atom is -0.00604 e. The van der Waals surface area contributed by atoms with Crippen LogP contribution < -0.4 is 0 Å². The first-order valence-electron chi connectivity index (χ1n) is 7.36. The Kier molecular flexibility index (Phi) is 3.05. The molecule has 0 heterocycles. The van der Waals surface area contributed by atoms with Gasteiger partial charge >= 0.3 is 0 Å². The molecule has 2 aromatic rings. The van der Waals surface area contributed by atoms with Gasteiger partial charge in [0.15, 0.2) is 0 Å². The average molecular weight is 262 g/mol. The fourth-order valence-electron chi connectivity index (χ4n) is 3.14. The number of rotatable bonds is 1. The van der Waals surface area contributed by atoms with Gasteiger partial charge in [0, 0.05) is 0 Å². The van der Waals surface area contributed by atoms with E-state index in [4.69, 9.17) is 0 Å². The zero-order valence-corrected chi connectivity index (χ0v) is 12.8. The van der Waals surface area contributed by atoms with E-state index in [2.05, 4.69) is 76.2 Å². The largest absolute Gasteiger partial charge is 0.0683 e. The van der Waals surface area contributed by atoms with Gasteiger partial charge in [0.1, 0.15) is 0 Å². The van der Waals surface area contributed by atoms with Crippen LogP contribution in [0.4, 0.5) is 0 Å². The van der Waals surface area contributed by atoms with Crippen LogP contribution in [0.1, 0.15) is 44.4 Å². The molecule has 0 heteroatoms. The van der Waals surface area contributed by atoms with Crippen molar-refractivity contribution in [1.82, 2.24) is 0 Å². The van der Waals surface area contributed by atoms with Crippen molar-refractivity contribution < 1.29 is 0 Å². The lowest BCUT2D eigenvalue weighted by Crippen LogP contribution is -2.12. The summed E-state index contributed by atoms with van der Waals surface area (Å²) in [6.07, 6.45) is 3.45. The first kappa shape index (κ1) is 13.2. The van der Waals surface area contributed by atoms with Crippen molar-refractivity contribution in [3.05, 3.63) is 64.7 Å². The summed E-state index contributed by atoms with van der Waals surface area (Å²) in [6.45, 7) is 9.09. The van der Waals surface area contributed by atoms with E-state index in [1.54, 1.807) is 0 Å². The van der Waals surface area contributed by atoms with Gasteiger partial charge in [0.05, 0.1) is 0 Å². The highest BCUT2D eigenvalue weighted by molar-refractivity contribution is 5.82. The van der Waals surface area contributed by atoms with Crippen LogP contribution in [-0.4, -0.2) is 0 Å². The summed E-state index contributed by atoms with van der Waals surface area (Å²) >= 11 is 0. The molecule has 0 spiro atoms. The van der Waals surface area contributed by atoms with Gasteiger partial charge in [0.25, 0.3) is 0 Å². The highest BCUT2D eigenvalue weighted by atomic mass is 14.3. The second-order valence-corrected chi connectivity index (χ2v) is 6.84. The third-order valence-electron chi connectivity index (χ3n) is 4.08. The zero-order valence-electron chi connectivity index (χ0n) is 12.8. The molecule has 0 radical (unpaired) electrons. The summed E-state index contributed by atoms with van der Waals surface area (Å²) in [7, 11) is 0. The normalized spacial score (nSPS) is 14.1. The van der Waals surface area contributed by atoms with Crippen LogP contribution in [0.3, 0.4) is 0 Å². The fourth-order valence-corrected chi connectivity index (χ4v) is 3.14. The molecule has 2 aromatic carbocycles. The van der Waals surface area contributed by atoms with E-state index in [0.717, 1.165) is 6.42 Å². The molecule has 0 unspecified atom stereocenters. The van der Waals surface area contributed by atoms with Gasteiger partial charge in [-0.3, -0.25) is 0 Å². The molecule has 0 nitrogen and oxygen atoms in total. The van der Waals surface area contributed by atoms with Crippen molar-refractivity contribution in [3.63, 3.8) is 0 Å². The molecule has 20 heavy (non-hydrogen) atoms. The van der Waals surface area contributed by atoms with Crippen molar-refractivity contribution in [3.8, 4) is 11.1 Å². The Morgan fingerprint density at radius 1 is 0.850 bits per heavy atom. The smallest absolute Gasteiger partial charge is 0.00604 e. The van der Waals surface area contributed by atoms with E-state index in [1.807, 2.05) is 0 Å². The molecule has 0 saturated heterocycles. The van der Waals surface area contributed by atoms with Crippen LogP contribution in [0, 0.1) is 0 Å². The second-order valence-electron chi connectivity index (χ2n) is 6.84. The molecule has 0 saturated carbocycles. The molecule has 3 rings (SSSR count). The minimum Gasteiger partial charge on any atom is -0.0683 e. The van der Waals surface area contributed by atoms with Gasteiger partial charge in [-0.25, -0.2) is 0 Å². The van der Waals surface area contributed by atoms with Crippen molar-refractivity contribution in [2.24, 2.45) is 0 Å². The number of fused-ring (bicyclic) bond motifs is 1. The molecule has 0 aliphatic heterocycles. The lowest BCUT2D eigenvalue weighted by atomic mass is 9.81.